The highest BCUT2D eigenvalue weighted by Gasteiger charge is 2.16. The second-order valence-electron chi connectivity index (χ2n) is 2.31. The third kappa shape index (κ3) is 1.64. The van der Waals surface area contributed by atoms with E-state index < -0.39 is 0 Å². The molecule has 3 heteroatoms. The standard InChI is InChI=1S/C6H14N2O/c1-2-8-4-3-7-5-6(8)9/h6-7,9H,2-5H2,1H3. The fourth-order valence-corrected chi connectivity index (χ4v) is 1.10. The molecular formula is C6H14N2O. The van der Waals surface area contributed by atoms with Gasteiger partial charge >= 0.3 is 0 Å². The van der Waals surface area contributed by atoms with E-state index in [1.165, 1.54) is 0 Å². The highest BCUT2D eigenvalue weighted by molar-refractivity contribution is 4.69. The number of likely N-dealkylation sites (N-methyl/N-ethyl adjacent to an activating group) is 1. The zero-order chi connectivity index (χ0) is 6.69. The van der Waals surface area contributed by atoms with E-state index >= 15 is 0 Å². The molecule has 0 radical (unpaired) electrons. The van der Waals surface area contributed by atoms with E-state index in [1.807, 2.05) is 0 Å². The summed E-state index contributed by atoms with van der Waals surface area (Å²) >= 11 is 0. The van der Waals surface area contributed by atoms with Crippen LogP contribution < -0.4 is 5.32 Å². The Bertz CT molecular complexity index is 87.1. The van der Waals surface area contributed by atoms with Crippen LogP contribution in [0.2, 0.25) is 0 Å². The lowest BCUT2D eigenvalue weighted by Crippen LogP contribution is -2.50. The zero-order valence-corrected chi connectivity index (χ0v) is 5.80. The Morgan fingerprint density at radius 2 is 2.56 bits per heavy atom. The van der Waals surface area contributed by atoms with Crippen molar-refractivity contribution >= 4 is 0 Å². The molecule has 0 aromatic rings. The van der Waals surface area contributed by atoms with Crippen LogP contribution in [0.25, 0.3) is 0 Å². The number of hydrogen-bond acceptors (Lipinski definition) is 3. The van der Waals surface area contributed by atoms with Gasteiger partial charge in [-0.25, -0.2) is 0 Å². The number of aliphatic hydroxyl groups is 1. The first kappa shape index (κ1) is 6.99. The highest BCUT2D eigenvalue weighted by Crippen LogP contribution is 1.97. The summed E-state index contributed by atoms with van der Waals surface area (Å²) in [5.74, 6) is 0. The van der Waals surface area contributed by atoms with Gasteiger partial charge in [-0.2, -0.15) is 0 Å². The molecule has 0 saturated carbocycles. The van der Waals surface area contributed by atoms with Gasteiger partial charge in [0.1, 0.15) is 6.23 Å². The van der Waals surface area contributed by atoms with Crippen molar-refractivity contribution in [3.63, 3.8) is 0 Å². The minimum atomic E-state index is -0.260. The monoisotopic (exact) mass is 130 g/mol. The summed E-state index contributed by atoms with van der Waals surface area (Å²) in [7, 11) is 0. The lowest BCUT2D eigenvalue weighted by Gasteiger charge is -2.31. The van der Waals surface area contributed by atoms with Gasteiger partial charge in [-0.1, -0.05) is 6.92 Å². The average Bonchev–Trinajstić information content (AvgIpc) is 1.89. The average molecular weight is 130 g/mol. The van der Waals surface area contributed by atoms with E-state index in [4.69, 9.17) is 0 Å². The van der Waals surface area contributed by atoms with Gasteiger partial charge in [0.2, 0.25) is 0 Å². The quantitative estimate of drug-likeness (QED) is 0.489. The maximum absolute atomic E-state index is 9.23. The van der Waals surface area contributed by atoms with E-state index in [0.29, 0.717) is 6.54 Å². The van der Waals surface area contributed by atoms with Crippen LogP contribution in [0.5, 0.6) is 0 Å². The van der Waals surface area contributed by atoms with Crippen molar-refractivity contribution < 1.29 is 5.11 Å². The summed E-state index contributed by atoms with van der Waals surface area (Å²) in [5.41, 5.74) is 0. The molecule has 1 aliphatic rings. The molecule has 0 amide bonds. The highest BCUT2D eigenvalue weighted by atomic mass is 16.3. The lowest BCUT2D eigenvalue weighted by molar-refractivity contribution is -0.00885. The van der Waals surface area contributed by atoms with Gasteiger partial charge in [0, 0.05) is 19.6 Å². The van der Waals surface area contributed by atoms with Crippen LogP contribution in [-0.4, -0.2) is 42.4 Å². The summed E-state index contributed by atoms with van der Waals surface area (Å²) < 4.78 is 0. The van der Waals surface area contributed by atoms with Gasteiger partial charge in [-0.15, -0.1) is 0 Å². The Morgan fingerprint density at radius 3 is 3.00 bits per heavy atom. The van der Waals surface area contributed by atoms with Crippen molar-refractivity contribution in [2.45, 2.75) is 13.2 Å². The summed E-state index contributed by atoms with van der Waals surface area (Å²) in [4.78, 5) is 2.05. The fraction of sp³-hybridized carbons (Fsp3) is 1.00. The summed E-state index contributed by atoms with van der Waals surface area (Å²) in [6.45, 7) is 5.70. The molecule has 1 rings (SSSR count). The molecular weight excluding hydrogens is 116 g/mol. The summed E-state index contributed by atoms with van der Waals surface area (Å²) in [6.07, 6.45) is -0.260. The number of nitrogens with one attached hydrogen (secondary N) is 1. The van der Waals surface area contributed by atoms with Crippen LogP contribution in [0.3, 0.4) is 0 Å². The van der Waals surface area contributed by atoms with Crippen molar-refractivity contribution in [1.82, 2.24) is 10.2 Å². The van der Waals surface area contributed by atoms with Gasteiger partial charge in [0.15, 0.2) is 0 Å². The number of β-amino-alcohol motifs (C(OH)–C–C–N with tert-alkyl or cyclic N) is 1. The number of rotatable bonds is 1. The van der Waals surface area contributed by atoms with E-state index in [0.717, 1.165) is 19.6 Å². The number of aliphatic hydroxyl groups excluding tert-OH is 1. The topological polar surface area (TPSA) is 35.5 Å². The SMILES string of the molecule is CCN1CCNCC1O. The fourth-order valence-electron chi connectivity index (χ4n) is 1.10. The second kappa shape index (κ2) is 3.15. The van der Waals surface area contributed by atoms with Crippen molar-refractivity contribution in [2.24, 2.45) is 0 Å². The van der Waals surface area contributed by atoms with E-state index in [1.54, 1.807) is 0 Å². The Balaban J connectivity index is 2.30. The molecule has 1 heterocycles. The predicted molar refractivity (Wildman–Crippen MR) is 36.1 cm³/mol. The van der Waals surface area contributed by atoms with Gasteiger partial charge in [-0.3, -0.25) is 4.90 Å². The van der Waals surface area contributed by atoms with Gasteiger partial charge in [-0.05, 0) is 6.54 Å². The normalized spacial score (nSPS) is 30.7. The molecule has 1 fully saturated rings. The lowest BCUT2D eigenvalue weighted by atomic mass is 10.3. The smallest absolute Gasteiger partial charge is 0.120 e. The first-order chi connectivity index (χ1) is 4.34. The summed E-state index contributed by atoms with van der Waals surface area (Å²) in [5, 5.41) is 12.3. The molecule has 0 bridgehead atoms. The van der Waals surface area contributed by atoms with Crippen molar-refractivity contribution in [3.8, 4) is 0 Å². The van der Waals surface area contributed by atoms with Crippen LogP contribution >= 0.6 is 0 Å². The molecule has 0 spiro atoms. The van der Waals surface area contributed by atoms with E-state index in [-0.39, 0.29) is 6.23 Å². The molecule has 0 aromatic heterocycles. The molecule has 9 heavy (non-hydrogen) atoms. The minimum Gasteiger partial charge on any atom is -0.377 e. The molecule has 1 aliphatic heterocycles. The minimum absolute atomic E-state index is 0.260. The zero-order valence-electron chi connectivity index (χ0n) is 5.80. The number of hydrogen-bond donors (Lipinski definition) is 2. The third-order valence-corrected chi connectivity index (χ3v) is 1.73. The molecule has 54 valence electrons. The molecule has 0 aliphatic carbocycles. The van der Waals surface area contributed by atoms with Gasteiger partial charge in [0.25, 0.3) is 0 Å². The van der Waals surface area contributed by atoms with Crippen LogP contribution in [0, 0.1) is 0 Å². The van der Waals surface area contributed by atoms with Crippen molar-refractivity contribution in [1.29, 1.82) is 0 Å². The Labute approximate surface area is 55.7 Å². The number of nitrogens with zero attached hydrogens (tertiary/aromatic N) is 1. The van der Waals surface area contributed by atoms with Gasteiger partial charge < -0.3 is 10.4 Å². The van der Waals surface area contributed by atoms with Crippen LogP contribution in [0.4, 0.5) is 0 Å². The molecule has 3 nitrogen and oxygen atoms in total. The molecule has 2 N–H and O–H groups in total. The van der Waals surface area contributed by atoms with E-state index in [9.17, 15) is 5.11 Å². The van der Waals surface area contributed by atoms with Gasteiger partial charge in [0.05, 0.1) is 0 Å². The van der Waals surface area contributed by atoms with Crippen molar-refractivity contribution in [3.05, 3.63) is 0 Å². The van der Waals surface area contributed by atoms with Crippen molar-refractivity contribution in [2.75, 3.05) is 26.2 Å². The van der Waals surface area contributed by atoms with Crippen LogP contribution in [0.1, 0.15) is 6.92 Å². The predicted octanol–water partition coefficient (Wildman–Crippen LogP) is -0.770. The second-order valence-corrected chi connectivity index (χ2v) is 2.31. The number of piperazine rings is 1. The Morgan fingerprint density at radius 1 is 1.78 bits per heavy atom. The Hall–Kier alpha value is -0.120. The Kier molecular flexibility index (Phi) is 2.45. The largest absolute Gasteiger partial charge is 0.377 e. The molecule has 0 aromatic carbocycles. The molecule has 1 atom stereocenters. The van der Waals surface area contributed by atoms with E-state index in [2.05, 4.69) is 17.1 Å². The third-order valence-electron chi connectivity index (χ3n) is 1.73. The molecule has 1 saturated heterocycles. The van der Waals surface area contributed by atoms with Crippen LogP contribution in [-0.2, 0) is 0 Å². The maximum Gasteiger partial charge on any atom is 0.120 e. The summed E-state index contributed by atoms with van der Waals surface area (Å²) in [6, 6.07) is 0. The first-order valence-electron chi connectivity index (χ1n) is 3.47. The maximum atomic E-state index is 9.23. The molecule has 1 unspecified atom stereocenters. The van der Waals surface area contributed by atoms with Crippen LogP contribution in [0.15, 0.2) is 0 Å². The first-order valence-corrected chi connectivity index (χ1v) is 3.47.